The van der Waals surface area contributed by atoms with Crippen LogP contribution in [0, 0.1) is 13.8 Å². The van der Waals surface area contributed by atoms with E-state index in [9.17, 15) is 9.59 Å². The number of benzene rings is 3. The van der Waals surface area contributed by atoms with Crippen LogP contribution in [0.4, 0.5) is 5.69 Å². The Kier molecular flexibility index (Phi) is 4.86. The highest BCUT2D eigenvalue weighted by Crippen LogP contribution is 2.54. The van der Waals surface area contributed by atoms with Crippen LogP contribution in [0.25, 0.3) is 0 Å². The van der Waals surface area contributed by atoms with Crippen LogP contribution in [0.3, 0.4) is 0 Å². The molecular formula is C26H24N2O2S. The zero-order chi connectivity index (χ0) is 21.6. The first-order valence-electron chi connectivity index (χ1n) is 10.5. The van der Waals surface area contributed by atoms with E-state index < -0.39 is 4.87 Å². The monoisotopic (exact) mass is 428 g/mol. The van der Waals surface area contributed by atoms with Gasteiger partial charge < -0.3 is 9.80 Å². The van der Waals surface area contributed by atoms with Gasteiger partial charge in [-0.2, -0.15) is 0 Å². The second-order valence-electron chi connectivity index (χ2n) is 8.21. The van der Waals surface area contributed by atoms with Crippen molar-refractivity contribution in [2.75, 3.05) is 17.2 Å². The average molecular weight is 429 g/mol. The Morgan fingerprint density at radius 1 is 0.968 bits per heavy atom. The third-order valence-electron chi connectivity index (χ3n) is 6.07. The molecule has 0 bridgehead atoms. The first kappa shape index (κ1) is 19.9. The van der Waals surface area contributed by atoms with Crippen molar-refractivity contribution in [2.45, 2.75) is 25.3 Å². The molecule has 5 rings (SSSR count). The van der Waals surface area contributed by atoms with Crippen LogP contribution in [-0.2, 0) is 16.2 Å². The molecule has 1 saturated heterocycles. The van der Waals surface area contributed by atoms with Gasteiger partial charge in [-0.3, -0.25) is 9.59 Å². The largest absolute Gasteiger partial charge is 0.311 e. The van der Waals surface area contributed by atoms with Crippen LogP contribution in [0.5, 0.6) is 0 Å². The van der Waals surface area contributed by atoms with Crippen LogP contribution in [0.2, 0.25) is 0 Å². The summed E-state index contributed by atoms with van der Waals surface area (Å²) in [5.74, 6) is 0.611. The number of amides is 2. The van der Waals surface area contributed by atoms with Gasteiger partial charge in [-0.25, -0.2) is 0 Å². The Morgan fingerprint density at radius 2 is 1.74 bits per heavy atom. The van der Waals surface area contributed by atoms with E-state index in [2.05, 4.69) is 19.1 Å². The number of thioether (sulfide) groups is 1. The third-order valence-corrected chi connectivity index (χ3v) is 7.49. The van der Waals surface area contributed by atoms with Crippen molar-refractivity contribution in [1.29, 1.82) is 0 Å². The summed E-state index contributed by atoms with van der Waals surface area (Å²) in [6, 6.07) is 23.7. The van der Waals surface area contributed by atoms with E-state index in [4.69, 9.17) is 0 Å². The zero-order valence-corrected chi connectivity index (χ0v) is 18.5. The lowest BCUT2D eigenvalue weighted by Crippen LogP contribution is -2.50. The second-order valence-corrected chi connectivity index (χ2v) is 9.50. The van der Waals surface area contributed by atoms with E-state index in [1.54, 1.807) is 16.7 Å². The standard InChI is InChI=1S/C26H24N2O2S/c1-18-10-12-21(13-11-18)24(29)28-14-15-31-26(28)22-8-3-4-9-23(22)27(25(26)30)17-20-7-5-6-19(2)16-20/h3-13,16H,14-15,17H2,1-2H3/t26-/m1/s1. The fraction of sp³-hybridized carbons (Fsp3) is 0.231. The minimum Gasteiger partial charge on any atom is -0.311 e. The molecule has 0 N–H and O–H groups in total. The van der Waals surface area contributed by atoms with Gasteiger partial charge in [0.05, 0.1) is 12.2 Å². The summed E-state index contributed by atoms with van der Waals surface area (Å²) in [6.07, 6.45) is 0. The number of carbonyl (C=O) groups excluding carboxylic acids is 2. The molecular weight excluding hydrogens is 404 g/mol. The molecule has 2 heterocycles. The average Bonchev–Trinajstić information content (AvgIpc) is 3.31. The summed E-state index contributed by atoms with van der Waals surface area (Å²) in [5.41, 5.74) is 5.78. The summed E-state index contributed by atoms with van der Waals surface area (Å²) in [6.45, 7) is 5.10. The highest BCUT2D eigenvalue weighted by Gasteiger charge is 2.59. The molecule has 31 heavy (non-hydrogen) atoms. The van der Waals surface area contributed by atoms with Crippen LogP contribution >= 0.6 is 11.8 Å². The number of rotatable bonds is 3. The summed E-state index contributed by atoms with van der Waals surface area (Å²) in [5, 5.41) is 0. The fourth-order valence-electron chi connectivity index (χ4n) is 4.57. The summed E-state index contributed by atoms with van der Waals surface area (Å²) in [7, 11) is 0. The first-order chi connectivity index (χ1) is 15.0. The number of carbonyl (C=O) groups is 2. The molecule has 0 aromatic heterocycles. The van der Waals surface area contributed by atoms with E-state index in [-0.39, 0.29) is 11.8 Å². The SMILES string of the molecule is Cc1ccc(C(=O)N2CCS[C@]23C(=O)N(Cc2cccc(C)c2)c2ccccc23)cc1. The van der Waals surface area contributed by atoms with E-state index in [1.807, 2.05) is 72.5 Å². The van der Waals surface area contributed by atoms with Gasteiger partial charge in [0.2, 0.25) is 0 Å². The molecule has 2 aliphatic heterocycles. The van der Waals surface area contributed by atoms with Gasteiger partial charge in [-0.05, 0) is 37.6 Å². The van der Waals surface area contributed by atoms with E-state index in [0.717, 1.165) is 28.1 Å². The molecule has 2 aliphatic rings. The minimum atomic E-state index is -0.998. The van der Waals surface area contributed by atoms with Crippen LogP contribution in [0.15, 0.2) is 72.8 Å². The number of anilines is 1. The van der Waals surface area contributed by atoms with Gasteiger partial charge in [0, 0.05) is 23.4 Å². The van der Waals surface area contributed by atoms with E-state index >= 15 is 0 Å². The molecule has 4 nitrogen and oxygen atoms in total. The first-order valence-corrected chi connectivity index (χ1v) is 11.5. The van der Waals surface area contributed by atoms with Gasteiger partial charge in [-0.1, -0.05) is 65.7 Å². The molecule has 3 aromatic rings. The predicted octanol–water partition coefficient (Wildman–Crippen LogP) is 4.89. The molecule has 0 saturated carbocycles. The Hall–Kier alpha value is -3.05. The molecule has 1 fully saturated rings. The molecule has 1 atom stereocenters. The molecule has 0 unspecified atom stereocenters. The number of para-hydroxylation sites is 1. The van der Waals surface area contributed by atoms with Gasteiger partial charge in [0.1, 0.15) is 0 Å². The van der Waals surface area contributed by atoms with Crippen LogP contribution in [-0.4, -0.2) is 29.0 Å². The minimum absolute atomic E-state index is 0.0295. The van der Waals surface area contributed by atoms with Gasteiger partial charge in [-0.15, -0.1) is 11.8 Å². The molecule has 2 amide bonds. The zero-order valence-electron chi connectivity index (χ0n) is 17.7. The van der Waals surface area contributed by atoms with Crippen molar-refractivity contribution in [3.63, 3.8) is 0 Å². The number of hydrogen-bond acceptors (Lipinski definition) is 3. The predicted molar refractivity (Wildman–Crippen MR) is 125 cm³/mol. The van der Waals surface area contributed by atoms with Crippen LogP contribution in [0.1, 0.15) is 32.6 Å². The van der Waals surface area contributed by atoms with Crippen molar-refractivity contribution in [3.8, 4) is 0 Å². The molecule has 5 heteroatoms. The summed E-state index contributed by atoms with van der Waals surface area (Å²) >= 11 is 1.57. The molecule has 0 aliphatic carbocycles. The number of hydrogen-bond donors (Lipinski definition) is 0. The Bertz CT molecular complexity index is 1170. The molecule has 1 spiro atoms. The molecule has 156 valence electrons. The van der Waals surface area contributed by atoms with E-state index in [1.165, 1.54) is 5.56 Å². The van der Waals surface area contributed by atoms with Crippen molar-refractivity contribution in [1.82, 2.24) is 4.90 Å². The van der Waals surface area contributed by atoms with Gasteiger partial charge >= 0.3 is 0 Å². The van der Waals surface area contributed by atoms with Crippen LogP contribution < -0.4 is 4.90 Å². The highest BCUT2D eigenvalue weighted by molar-refractivity contribution is 8.01. The van der Waals surface area contributed by atoms with Gasteiger partial charge in [0.15, 0.2) is 4.87 Å². The highest BCUT2D eigenvalue weighted by atomic mass is 32.2. The topological polar surface area (TPSA) is 40.6 Å². The second kappa shape index (κ2) is 7.57. The van der Waals surface area contributed by atoms with Crippen molar-refractivity contribution < 1.29 is 9.59 Å². The Labute approximate surface area is 186 Å². The Morgan fingerprint density at radius 3 is 2.52 bits per heavy atom. The smallest absolute Gasteiger partial charge is 0.268 e. The summed E-state index contributed by atoms with van der Waals surface area (Å²) < 4.78 is 0. The Balaban J connectivity index is 1.57. The lowest BCUT2D eigenvalue weighted by molar-refractivity contribution is -0.123. The van der Waals surface area contributed by atoms with E-state index in [0.29, 0.717) is 18.7 Å². The number of aryl methyl sites for hydroxylation is 2. The molecule has 3 aromatic carbocycles. The maximum absolute atomic E-state index is 14.0. The number of fused-ring (bicyclic) bond motifs is 2. The summed E-state index contributed by atoms with van der Waals surface area (Å²) in [4.78, 5) is 30.1. The third kappa shape index (κ3) is 3.15. The quantitative estimate of drug-likeness (QED) is 0.596. The van der Waals surface area contributed by atoms with Crippen molar-refractivity contribution in [2.24, 2.45) is 0 Å². The molecule has 0 radical (unpaired) electrons. The van der Waals surface area contributed by atoms with Crippen molar-refractivity contribution >= 4 is 29.3 Å². The maximum atomic E-state index is 14.0. The van der Waals surface area contributed by atoms with Gasteiger partial charge in [0.25, 0.3) is 11.8 Å². The van der Waals surface area contributed by atoms with Crippen molar-refractivity contribution in [3.05, 3.63) is 101 Å². The number of nitrogens with zero attached hydrogens (tertiary/aromatic N) is 2. The fourth-order valence-corrected chi connectivity index (χ4v) is 6.03. The maximum Gasteiger partial charge on any atom is 0.268 e. The normalized spacial score (nSPS) is 19.9. The lowest BCUT2D eigenvalue weighted by atomic mass is 10.0. The lowest BCUT2D eigenvalue weighted by Gasteiger charge is -2.33.